The fourth-order valence-electron chi connectivity index (χ4n) is 2.95. The Labute approximate surface area is 161 Å². The van der Waals surface area contributed by atoms with Crippen LogP contribution in [0.25, 0.3) is 0 Å². The fraction of sp³-hybridized carbons (Fsp3) is 0.200. The molecule has 8 nitrogen and oxygen atoms in total. The van der Waals surface area contributed by atoms with Crippen molar-refractivity contribution in [3.8, 4) is 0 Å². The normalized spacial score (nSPS) is 15.4. The van der Waals surface area contributed by atoms with Crippen LogP contribution < -0.4 is 16.0 Å². The lowest BCUT2D eigenvalue weighted by atomic mass is 9.90. The second-order valence-electron chi connectivity index (χ2n) is 6.12. The minimum Gasteiger partial charge on any atom is -0.462 e. The summed E-state index contributed by atoms with van der Waals surface area (Å²) in [5.74, 6) is -2.94. The van der Waals surface area contributed by atoms with Crippen LogP contribution in [0, 0.1) is 5.92 Å². The third-order valence-corrected chi connectivity index (χ3v) is 4.25. The highest BCUT2D eigenvalue weighted by molar-refractivity contribution is 6.16. The van der Waals surface area contributed by atoms with E-state index in [0.717, 1.165) is 0 Å². The maximum absolute atomic E-state index is 12.3. The Kier molecular flexibility index (Phi) is 5.69. The Morgan fingerprint density at radius 2 is 1.61 bits per heavy atom. The van der Waals surface area contributed by atoms with Crippen LogP contribution in [0.3, 0.4) is 0 Å². The third kappa shape index (κ3) is 4.17. The second kappa shape index (κ2) is 8.34. The van der Waals surface area contributed by atoms with Gasteiger partial charge in [0.15, 0.2) is 0 Å². The van der Waals surface area contributed by atoms with E-state index in [-0.39, 0.29) is 6.61 Å². The van der Waals surface area contributed by atoms with Crippen LogP contribution in [0.1, 0.15) is 28.9 Å². The smallest absolute Gasteiger partial charge is 0.338 e. The summed E-state index contributed by atoms with van der Waals surface area (Å²) < 4.78 is 4.95. The van der Waals surface area contributed by atoms with Crippen molar-refractivity contribution in [3.63, 3.8) is 0 Å². The zero-order valence-corrected chi connectivity index (χ0v) is 15.1. The number of carbonyl (C=O) groups excluding carboxylic acids is 4. The molecule has 1 heterocycles. The number of anilines is 1. The summed E-state index contributed by atoms with van der Waals surface area (Å²) in [7, 11) is 0. The molecule has 1 saturated heterocycles. The maximum atomic E-state index is 12.3. The molecule has 3 N–H and O–H groups in total. The molecule has 28 heavy (non-hydrogen) atoms. The molecule has 2 aromatic rings. The summed E-state index contributed by atoms with van der Waals surface area (Å²) in [4.78, 5) is 47.8. The highest BCUT2D eigenvalue weighted by Gasteiger charge is 2.41. The number of nitrogens with one attached hydrogen (secondary N) is 3. The average Bonchev–Trinajstić information content (AvgIpc) is 2.68. The summed E-state index contributed by atoms with van der Waals surface area (Å²) in [6.45, 7) is 2.00. The monoisotopic (exact) mass is 381 g/mol. The summed E-state index contributed by atoms with van der Waals surface area (Å²) >= 11 is 0. The van der Waals surface area contributed by atoms with Crippen LogP contribution in [0.2, 0.25) is 0 Å². The van der Waals surface area contributed by atoms with Crippen LogP contribution in [0.4, 0.5) is 10.5 Å². The molecule has 1 aliphatic heterocycles. The van der Waals surface area contributed by atoms with Crippen LogP contribution >= 0.6 is 0 Å². The number of ether oxygens (including phenoxy) is 1. The van der Waals surface area contributed by atoms with Gasteiger partial charge in [0, 0.05) is 5.69 Å². The highest BCUT2D eigenvalue weighted by atomic mass is 16.5. The summed E-state index contributed by atoms with van der Waals surface area (Å²) in [6, 6.07) is 13.9. The van der Waals surface area contributed by atoms with E-state index < -0.39 is 35.8 Å². The molecule has 0 unspecified atom stereocenters. The zero-order valence-electron chi connectivity index (χ0n) is 15.1. The lowest BCUT2D eigenvalue weighted by molar-refractivity contribution is -0.136. The molecule has 0 bridgehead atoms. The molecule has 8 heteroatoms. The Morgan fingerprint density at radius 3 is 2.18 bits per heavy atom. The topological polar surface area (TPSA) is 114 Å². The SMILES string of the molecule is CCOC(=O)c1ccc(N[C@@H](c2ccccc2)C2C(=O)NC(=O)NC2=O)cc1. The van der Waals surface area contributed by atoms with Crippen molar-refractivity contribution >= 4 is 29.5 Å². The van der Waals surface area contributed by atoms with E-state index in [4.69, 9.17) is 4.74 Å². The lowest BCUT2D eigenvalue weighted by Crippen LogP contribution is -2.58. The van der Waals surface area contributed by atoms with Crippen LogP contribution in [-0.4, -0.2) is 30.4 Å². The van der Waals surface area contributed by atoms with Gasteiger partial charge >= 0.3 is 12.0 Å². The number of hydrogen-bond acceptors (Lipinski definition) is 6. The first-order valence-corrected chi connectivity index (χ1v) is 8.74. The Balaban J connectivity index is 1.88. The largest absolute Gasteiger partial charge is 0.462 e. The number of imide groups is 2. The molecule has 0 spiro atoms. The number of barbiturate groups is 1. The quantitative estimate of drug-likeness (QED) is 0.521. The number of urea groups is 1. The van der Waals surface area contributed by atoms with Gasteiger partial charge in [-0.15, -0.1) is 0 Å². The Hall–Kier alpha value is -3.68. The van der Waals surface area contributed by atoms with Crippen molar-refractivity contribution in [2.24, 2.45) is 5.92 Å². The van der Waals surface area contributed by atoms with Crippen LogP contribution in [-0.2, 0) is 14.3 Å². The molecule has 0 radical (unpaired) electrons. The molecule has 0 saturated carbocycles. The predicted molar refractivity (Wildman–Crippen MR) is 100 cm³/mol. The van der Waals surface area contributed by atoms with E-state index in [1.807, 2.05) is 6.07 Å². The van der Waals surface area contributed by atoms with Gasteiger partial charge in [-0.3, -0.25) is 20.2 Å². The van der Waals surface area contributed by atoms with E-state index in [1.54, 1.807) is 55.5 Å². The van der Waals surface area contributed by atoms with Crippen molar-refractivity contribution in [2.75, 3.05) is 11.9 Å². The molecule has 1 aliphatic rings. The molecule has 0 aromatic heterocycles. The predicted octanol–water partition coefficient (Wildman–Crippen LogP) is 2.00. The number of rotatable bonds is 6. The van der Waals surface area contributed by atoms with Gasteiger partial charge in [0.05, 0.1) is 18.2 Å². The van der Waals surface area contributed by atoms with Gasteiger partial charge in [-0.2, -0.15) is 0 Å². The first-order chi connectivity index (χ1) is 13.5. The Bertz CT molecular complexity index is 876. The van der Waals surface area contributed by atoms with Gasteiger partial charge in [0.2, 0.25) is 11.8 Å². The van der Waals surface area contributed by atoms with Crippen molar-refractivity contribution < 1.29 is 23.9 Å². The molecule has 1 atom stereocenters. The molecule has 3 rings (SSSR count). The molecule has 1 fully saturated rings. The van der Waals surface area contributed by atoms with E-state index in [1.165, 1.54) is 0 Å². The summed E-state index contributed by atoms with van der Waals surface area (Å²) in [5, 5.41) is 7.40. The highest BCUT2D eigenvalue weighted by Crippen LogP contribution is 2.28. The first-order valence-electron chi connectivity index (χ1n) is 8.74. The third-order valence-electron chi connectivity index (χ3n) is 4.25. The van der Waals surface area contributed by atoms with Crippen molar-refractivity contribution in [1.82, 2.24) is 10.6 Å². The van der Waals surface area contributed by atoms with E-state index in [0.29, 0.717) is 16.8 Å². The molecule has 4 amide bonds. The Morgan fingerprint density at radius 1 is 1.00 bits per heavy atom. The van der Waals surface area contributed by atoms with Crippen molar-refractivity contribution in [3.05, 3.63) is 65.7 Å². The fourth-order valence-corrected chi connectivity index (χ4v) is 2.95. The maximum Gasteiger partial charge on any atom is 0.338 e. The number of benzene rings is 2. The molecule has 144 valence electrons. The molecule has 0 aliphatic carbocycles. The van der Waals surface area contributed by atoms with Gasteiger partial charge < -0.3 is 10.1 Å². The zero-order chi connectivity index (χ0) is 20.1. The summed E-state index contributed by atoms with van der Waals surface area (Å²) in [5.41, 5.74) is 1.68. The van der Waals surface area contributed by atoms with Gasteiger partial charge in [-0.25, -0.2) is 9.59 Å². The van der Waals surface area contributed by atoms with Gasteiger partial charge in [0.25, 0.3) is 0 Å². The standard InChI is InChI=1S/C20H19N3O5/c1-2-28-19(26)13-8-10-14(11-9-13)21-16(12-6-4-3-5-7-12)15-17(24)22-20(27)23-18(15)25/h3-11,15-16,21H,2H2,1H3,(H2,22,23,24,25,27)/t16-/m0/s1. The minimum atomic E-state index is -1.15. The van der Waals surface area contributed by atoms with Gasteiger partial charge in [0.1, 0.15) is 5.92 Å². The van der Waals surface area contributed by atoms with Gasteiger partial charge in [-0.05, 0) is 36.8 Å². The van der Waals surface area contributed by atoms with Gasteiger partial charge in [-0.1, -0.05) is 30.3 Å². The lowest BCUT2D eigenvalue weighted by Gasteiger charge is -2.30. The van der Waals surface area contributed by atoms with E-state index >= 15 is 0 Å². The molecule has 2 aromatic carbocycles. The van der Waals surface area contributed by atoms with Crippen LogP contribution in [0.5, 0.6) is 0 Å². The molecular formula is C20H19N3O5. The minimum absolute atomic E-state index is 0.277. The molecular weight excluding hydrogens is 362 g/mol. The number of amides is 4. The van der Waals surface area contributed by atoms with Crippen molar-refractivity contribution in [2.45, 2.75) is 13.0 Å². The van der Waals surface area contributed by atoms with Crippen molar-refractivity contribution in [1.29, 1.82) is 0 Å². The first kappa shape index (κ1) is 19.1. The number of carbonyl (C=O) groups is 4. The second-order valence-corrected chi connectivity index (χ2v) is 6.12. The summed E-state index contributed by atoms with van der Waals surface area (Å²) in [6.07, 6.45) is 0. The number of esters is 1. The van der Waals surface area contributed by atoms with E-state index in [9.17, 15) is 19.2 Å². The average molecular weight is 381 g/mol. The van der Waals surface area contributed by atoms with Crippen LogP contribution in [0.15, 0.2) is 54.6 Å². The number of hydrogen-bond donors (Lipinski definition) is 3. The van der Waals surface area contributed by atoms with E-state index in [2.05, 4.69) is 16.0 Å².